The van der Waals surface area contributed by atoms with Gasteiger partial charge < -0.3 is 34.6 Å². The van der Waals surface area contributed by atoms with E-state index in [0.29, 0.717) is 29.7 Å². The van der Waals surface area contributed by atoms with Crippen molar-refractivity contribution in [2.45, 2.75) is 64.4 Å². The lowest BCUT2D eigenvalue weighted by Crippen LogP contribution is -2.24. The zero-order chi connectivity index (χ0) is 26.4. The fourth-order valence-electron chi connectivity index (χ4n) is 4.67. The smallest absolute Gasteiger partial charge is 0.303 e. The first-order valence-corrected chi connectivity index (χ1v) is 12.1. The number of carboxylic acid groups (broad SMARTS) is 1. The SMILES string of the molecule is COc1c(O)c(C)cc2c1C(=O)c1c(cc(O)c(O)c1OC)C2OCCCCCCCCCC(=O)O. The third kappa shape index (κ3) is 5.51. The van der Waals surface area contributed by atoms with E-state index in [1.807, 2.05) is 0 Å². The number of aryl methyl sites for hydroxylation is 1. The molecule has 0 aliphatic heterocycles. The van der Waals surface area contributed by atoms with Gasteiger partial charge >= 0.3 is 5.97 Å². The number of carbonyl (C=O) groups is 2. The molecule has 196 valence electrons. The molecule has 36 heavy (non-hydrogen) atoms. The van der Waals surface area contributed by atoms with E-state index in [2.05, 4.69) is 0 Å². The quantitative estimate of drug-likeness (QED) is 0.220. The molecular weight excluding hydrogens is 468 g/mol. The number of phenols is 3. The Bertz CT molecular complexity index is 1050. The standard InChI is InChI=1S/C27H34O9/c1-15-13-16-20(26(34-2)22(15)31)24(33)21-17(14-18(28)23(32)27(21)35-3)25(16)36-12-10-8-6-4-5-7-9-11-19(29)30/h13-14,25,28,31-32H,4-12H2,1-3H3,(H,29,30). The van der Waals surface area contributed by atoms with E-state index >= 15 is 0 Å². The number of hydrogen-bond acceptors (Lipinski definition) is 8. The molecule has 2 aromatic carbocycles. The van der Waals surface area contributed by atoms with Gasteiger partial charge in [-0.2, -0.15) is 0 Å². The molecule has 0 heterocycles. The maximum Gasteiger partial charge on any atom is 0.303 e. The first-order chi connectivity index (χ1) is 17.2. The van der Waals surface area contributed by atoms with Gasteiger partial charge in [0.2, 0.25) is 11.5 Å². The van der Waals surface area contributed by atoms with E-state index in [4.69, 9.17) is 19.3 Å². The number of carboxylic acids is 1. The second kappa shape index (κ2) is 12.0. The average molecular weight is 503 g/mol. The molecule has 1 aliphatic carbocycles. The predicted molar refractivity (Wildman–Crippen MR) is 132 cm³/mol. The highest BCUT2D eigenvalue weighted by molar-refractivity contribution is 6.17. The minimum Gasteiger partial charge on any atom is -0.504 e. The number of carbonyl (C=O) groups excluding carboxylic acids is 1. The van der Waals surface area contributed by atoms with Crippen LogP contribution in [0.15, 0.2) is 12.1 Å². The number of ether oxygens (including phenoxy) is 3. The third-order valence-electron chi connectivity index (χ3n) is 6.49. The van der Waals surface area contributed by atoms with Crippen LogP contribution in [0.25, 0.3) is 0 Å². The summed E-state index contributed by atoms with van der Waals surface area (Å²) < 4.78 is 16.9. The highest BCUT2D eigenvalue weighted by Crippen LogP contribution is 2.51. The van der Waals surface area contributed by atoms with Crippen LogP contribution in [0.4, 0.5) is 0 Å². The van der Waals surface area contributed by atoms with Gasteiger partial charge in [0, 0.05) is 24.2 Å². The van der Waals surface area contributed by atoms with Crippen molar-refractivity contribution in [3.8, 4) is 28.7 Å². The largest absolute Gasteiger partial charge is 0.504 e. The fraction of sp³-hybridized carbons (Fsp3) is 0.481. The van der Waals surface area contributed by atoms with Crippen molar-refractivity contribution >= 4 is 11.8 Å². The minimum atomic E-state index is -0.760. The summed E-state index contributed by atoms with van der Waals surface area (Å²) in [6.45, 7) is 2.07. The van der Waals surface area contributed by atoms with Crippen LogP contribution in [0.2, 0.25) is 0 Å². The van der Waals surface area contributed by atoms with Crippen molar-refractivity contribution < 1.29 is 44.2 Å². The summed E-state index contributed by atoms with van der Waals surface area (Å²) in [6, 6.07) is 2.98. The summed E-state index contributed by atoms with van der Waals surface area (Å²) in [5.74, 6) is -2.56. The van der Waals surface area contributed by atoms with E-state index in [1.54, 1.807) is 13.0 Å². The number of rotatable bonds is 13. The second-order valence-electron chi connectivity index (χ2n) is 8.98. The summed E-state index contributed by atoms with van der Waals surface area (Å²) in [4.78, 5) is 24.1. The van der Waals surface area contributed by atoms with Gasteiger partial charge in [-0.3, -0.25) is 9.59 Å². The van der Waals surface area contributed by atoms with Crippen molar-refractivity contribution in [2.75, 3.05) is 20.8 Å². The fourth-order valence-corrected chi connectivity index (χ4v) is 4.67. The molecule has 0 fully saturated rings. The van der Waals surface area contributed by atoms with E-state index in [9.17, 15) is 24.9 Å². The Balaban J connectivity index is 1.80. The lowest BCUT2D eigenvalue weighted by Gasteiger charge is -2.31. The van der Waals surface area contributed by atoms with Crippen molar-refractivity contribution in [3.63, 3.8) is 0 Å². The van der Waals surface area contributed by atoms with Gasteiger partial charge in [-0.25, -0.2) is 0 Å². The Morgan fingerprint density at radius 1 is 0.833 bits per heavy atom. The lowest BCUT2D eigenvalue weighted by molar-refractivity contribution is -0.137. The number of benzene rings is 2. The average Bonchev–Trinajstić information content (AvgIpc) is 2.84. The number of ketones is 1. The molecule has 1 aliphatic rings. The predicted octanol–water partition coefficient (Wildman–Crippen LogP) is 4.98. The van der Waals surface area contributed by atoms with Gasteiger partial charge in [-0.05, 0) is 37.5 Å². The number of unbranched alkanes of at least 4 members (excludes halogenated alkanes) is 6. The Morgan fingerprint density at radius 3 is 1.94 bits per heavy atom. The second-order valence-corrected chi connectivity index (χ2v) is 8.98. The van der Waals surface area contributed by atoms with Crippen LogP contribution < -0.4 is 9.47 Å². The van der Waals surface area contributed by atoms with Gasteiger partial charge in [0.25, 0.3) is 0 Å². The number of hydrogen-bond donors (Lipinski definition) is 4. The van der Waals surface area contributed by atoms with Gasteiger partial charge in [0.1, 0.15) is 6.10 Å². The Hall–Kier alpha value is -3.46. The van der Waals surface area contributed by atoms with Crippen LogP contribution in [0, 0.1) is 6.92 Å². The normalized spacial score (nSPS) is 14.3. The third-order valence-corrected chi connectivity index (χ3v) is 6.49. The Morgan fingerprint density at radius 2 is 1.36 bits per heavy atom. The summed E-state index contributed by atoms with van der Waals surface area (Å²) in [7, 11) is 2.65. The molecule has 0 saturated heterocycles. The van der Waals surface area contributed by atoms with Crippen LogP contribution in [-0.2, 0) is 9.53 Å². The van der Waals surface area contributed by atoms with Gasteiger partial charge in [-0.15, -0.1) is 0 Å². The summed E-state index contributed by atoms with van der Waals surface area (Å²) in [5, 5.41) is 39.9. The number of aliphatic carboxylic acids is 1. The number of aromatic hydroxyl groups is 3. The molecular formula is C27H34O9. The summed E-state index contributed by atoms with van der Waals surface area (Å²) in [6.07, 6.45) is 5.75. The first-order valence-electron chi connectivity index (χ1n) is 12.1. The highest BCUT2D eigenvalue weighted by Gasteiger charge is 2.39. The van der Waals surface area contributed by atoms with Gasteiger partial charge in [0.15, 0.2) is 23.0 Å². The maximum absolute atomic E-state index is 13.5. The molecule has 9 nitrogen and oxygen atoms in total. The minimum absolute atomic E-state index is 0.0202. The Kier molecular flexibility index (Phi) is 9.03. The lowest BCUT2D eigenvalue weighted by atomic mass is 9.80. The topological polar surface area (TPSA) is 143 Å². The van der Waals surface area contributed by atoms with Crippen molar-refractivity contribution in [1.82, 2.24) is 0 Å². The van der Waals surface area contributed by atoms with E-state index < -0.39 is 29.4 Å². The monoisotopic (exact) mass is 502 g/mol. The molecule has 4 N–H and O–H groups in total. The number of methoxy groups -OCH3 is 2. The molecule has 0 spiro atoms. The molecule has 0 aromatic heterocycles. The molecule has 2 aromatic rings. The van der Waals surface area contributed by atoms with Crippen LogP contribution in [0.5, 0.6) is 28.7 Å². The van der Waals surface area contributed by atoms with Crippen LogP contribution in [-0.4, -0.2) is 53.0 Å². The van der Waals surface area contributed by atoms with Crippen LogP contribution in [0.1, 0.15) is 90.1 Å². The molecule has 3 rings (SSSR count). The number of phenolic OH excluding ortho intramolecular Hbond substituents is 3. The zero-order valence-electron chi connectivity index (χ0n) is 20.9. The van der Waals surface area contributed by atoms with Crippen molar-refractivity contribution in [1.29, 1.82) is 0 Å². The number of fused-ring (bicyclic) bond motifs is 2. The molecule has 1 unspecified atom stereocenters. The van der Waals surface area contributed by atoms with Gasteiger partial charge in [-0.1, -0.05) is 32.1 Å². The Labute approximate surface area is 210 Å². The molecule has 0 radical (unpaired) electrons. The van der Waals surface area contributed by atoms with E-state index in [0.717, 1.165) is 38.5 Å². The molecule has 0 amide bonds. The summed E-state index contributed by atoms with van der Waals surface area (Å²) in [5.41, 5.74) is 1.56. The zero-order valence-corrected chi connectivity index (χ0v) is 20.9. The van der Waals surface area contributed by atoms with Crippen LogP contribution >= 0.6 is 0 Å². The van der Waals surface area contributed by atoms with Crippen molar-refractivity contribution in [3.05, 3.63) is 39.9 Å². The maximum atomic E-state index is 13.5. The molecule has 9 heteroatoms. The molecule has 1 atom stereocenters. The first kappa shape index (κ1) is 27.1. The van der Waals surface area contributed by atoms with E-state index in [-0.39, 0.29) is 34.8 Å². The van der Waals surface area contributed by atoms with Gasteiger partial charge in [0.05, 0.1) is 25.3 Å². The molecule has 0 bridgehead atoms. The summed E-state index contributed by atoms with van der Waals surface area (Å²) >= 11 is 0. The molecule has 0 saturated carbocycles. The van der Waals surface area contributed by atoms with E-state index in [1.165, 1.54) is 20.3 Å². The highest BCUT2D eigenvalue weighted by atomic mass is 16.5. The van der Waals surface area contributed by atoms with Crippen LogP contribution in [0.3, 0.4) is 0 Å². The van der Waals surface area contributed by atoms with Crippen molar-refractivity contribution in [2.24, 2.45) is 0 Å².